The molecular formula is C16H20N2O3S. The van der Waals surface area contributed by atoms with Crippen molar-refractivity contribution >= 4 is 23.1 Å². The van der Waals surface area contributed by atoms with E-state index in [0.29, 0.717) is 13.0 Å². The zero-order chi connectivity index (χ0) is 15.8. The number of nitrogens with one attached hydrogen (secondary N) is 1. The lowest BCUT2D eigenvalue weighted by atomic mass is 10.1. The first-order valence-electron chi connectivity index (χ1n) is 7.17. The highest BCUT2D eigenvalue weighted by Gasteiger charge is 2.15. The summed E-state index contributed by atoms with van der Waals surface area (Å²) in [5, 5.41) is 22.9. The van der Waals surface area contributed by atoms with Crippen LogP contribution in [-0.4, -0.2) is 47.4 Å². The number of hydrogen-bond donors (Lipinski definition) is 3. The Morgan fingerprint density at radius 2 is 1.91 bits per heavy atom. The smallest absolute Gasteiger partial charge is 0.321 e. The molecule has 0 aliphatic heterocycles. The molecule has 2 aromatic rings. The van der Waals surface area contributed by atoms with E-state index < -0.39 is 0 Å². The minimum Gasteiger partial charge on any atom is -0.396 e. The summed E-state index contributed by atoms with van der Waals surface area (Å²) >= 11 is 1.61. The molecule has 0 atom stereocenters. The van der Waals surface area contributed by atoms with Gasteiger partial charge in [0.15, 0.2) is 0 Å². The topological polar surface area (TPSA) is 72.8 Å². The molecule has 0 spiro atoms. The molecule has 0 aliphatic carbocycles. The monoisotopic (exact) mass is 320 g/mol. The molecule has 1 aromatic carbocycles. The van der Waals surface area contributed by atoms with Crippen molar-refractivity contribution in [2.45, 2.75) is 6.42 Å². The molecule has 5 nitrogen and oxygen atoms in total. The summed E-state index contributed by atoms with van der Waals surface area (Å²) in [6.45, 7) is 0.559. The highest BCUT2D eigenvalue weighted by molar-refractivity contribution is 7.13. The number of urea groups is 1. The third kappa shape index (κ3) is 4.30. The van der Waals surface area contributed by atoms with E-state index >= 15 is 0 Å². The molecule has 0 fully saturated rings. The van der Waals surface area contributed by atoms with Gasteiger partial charge < -0.3 is 20.4 Å². The third-order valence-electron chi connectivity index (χ3n) is 3.20. The van der Waals surface area contributed by atoms with Gasteiger partial charge in [-0.05, 0) is 23.9 Å². The molecule has 6 heteroatoms. The van der Waals surface area contributed by atoms with E-state index in [4.69, 9.17) is 10.2 Å². The van der Waals surface area contributed by atoms with Gasteiger partial charge in [0, 0.05) is 30.1 Å². The lowest BCUT2D eigenvalue weighted by molar-refractivity contribution is 0.180. The summed E-state index contributed by atoms with van der Waals surface area (Å²) in [5.41, 5.74) is 1.71. The van der Waals surface area contributed by atoms with Crippen LogP contribution in [0.15, 0.2) is 41.8 Å². The number of benzene rings is 1. The standard InChI is InChI=1S/C16H20N2O3S/c19-10-4-8-18(9-11-20)16(21)17-14-6-2-1-5-13(14)15-7-3-12-22-15/h1-3,5-7,12,19-20H,4,8-11H2,(H,17,21). The van der Waals surface area contributed by atoms with Crippen LogP contribution in [-0.2, 0) is 0 Å². The quantitative estimate of drug-likeness (QED) is 0.734. The number of nitrogens with zero attached hydrogens (tertiary/aromatic N) is 1. The van der Waals surface area contributed by atoms with Gasteiger partial charge in [0.05, 0.1) is 12.3 Å². The third-order valence-corrected chi connectivity index (χ3v) is 4.10. The Labute approximate surface area is 133 Å². The van der Waals surface area contributed by atoms with Gasteiger partial charge in [-0.25, -0.2) is 4.79 Å². The summed E-state index contributed by atoms with van der Waals surface area (Å²) < 4.78 is 0. The Bertz CT molecular complexity index is 587. The van der Waals surface area contributed by atoms with Gasteiger partial charge in [-0.1, -0.05) is 24.3 Å². The fraction of sp³-hybridized carbons (Fsp3) is 0.312. The van der Waals surface area contributed by atoms with Gasteiger partial charge in [0.2, 0.25) is 0 Å². The lowest BCUT2D eigenvalue weighted by Gasteiger charge is -2.22. The maximum atomic E-state index is 12.4. The van der Waals surface area contributed by atoms with Crippen LogP contribution in [0.25, 0.3) is 10.4 Å². The average Bonchev–Trinajstić information content (AvgIpc) is 3.06. The predicted octanol–water partition coefficient (Wildman–Crippen LogP) is 2.62. The Morgan fingerprint density at radius 3 is 2.59 bits per heavy atom. The molecule has 2 amide bonds. The van der Waals surface area contributed by atoms with Gasteiger partial charge in [-0.2, -0.15) is 0 Å². The van der Waals surface area contributed by atoms with E-state index in [2.05, 4.69) is 5.32 Å². The first-order chi connectivity index (χ1) is 10.8. The van der Waals surface area contributed by atoms with E-state index in [1.165, 1.54) is 4.90 Å². The summed E-state index contributed by atoms with van der Waals surface area (Å²) in [5.74, 6) is 0. The van der Waals surface area contributed by atoms with Crippen LogP contribution in [0.5, 0.6) is 0 Å². The van der Waals surface area contributed by atoms with Crippen LogP contribution in [0.4, 0.5) is 10.5 Å². The summed E-state index contributed by atoms with van der Waals surface area (Å²) in [6.07, 6.45) is 0.486. The van der Waals surface area contributed by atoms with E-state index in [1.54, 1.807) is 11.3 Å². The van der Waals surface area contributed by atoms with Crippen molar-refractivity contribution in [3.63, 3.8) is 0 Å². The molecule has 0 unspecified atom stereocenters. The second kappa shape index (κ2) is 8.53. The van der Waals surface area contributed by atoms with Gasteiger partial charge in [0.1, 0.15) is 0 Å². The number of amides is 2. The first kappa shape index (κ1) is 16.5. The van der Waals surface area contributed by atoms with Gasteiger partial charge in [0.25, 0.3) is 0 Å². The van der Waals surface area contributed by atoms with Crippen molar-refractivity contribution in [2.24, 2.45) is 0 Å². The minimum atomic E-state index is -0.272. The molecular weight excluding hydrogens is 300 g/mol. The van der Waals surface area contributed by atoms with E-state index in [0.717, 1.165) is 16.1 Å². The van der Waals surface area contributed by atoms with E-state index in [9.17, 15) is 4.79 Å². The molecule has 1 heterocycles. The number of thiophene rings is 1. The maximum absolute atomic E-state index is 12.4. The van der Waals surface area contributed by atoms with Crippen LogP contribution in [0.1, 0.15) is 6.42 Å². The number of anilines is 1. The summed E-state index contributed by atoms with van der Waals surface area (Å²) in [6, 6.07) is 11.3. The molecule has 1 aromatic heterocycles. The van der Waals surface area contributed by atoms with Crippen molar-refractivity contribution in [1.29, 1.82) is 0 Å². The van der Waals surface area contributed by atoms with Gasteiger partial charge >= 0.3 is 6.03 Å². The van der Waals surface area contributed by atoms with Crippen molar-refractivity contribution in [1.82, 2.24) is 4.90 Å². The van der Waals surface area contributed by atoms with Crippen molar-refractivity contribution in [3.05, 3.63) is 41.8 Å². The molecule has 0 saturated carbocycles. The van der Waals surface area contributed by atoms with Crippen molar-refractivity contribution in [3.8, 4) is 10.4 Å². The fourth-order valence-corrected chi connectivity index (χ4v) is 2.90. The molecule has 0 bridgehead atoms. The number of carbonyl (C=O) groups is 1. The molecule has 22 heavy (non-hydrogen) atoms. The molecule has 0 aliphatic rings. The second-order valence-electron chi connectivity index (χ2n) is 4.74. The van der Waals surface area contributed by atoms with Crippen molar-refractivity contribution in [2.75, 3.05) is 31.6 Å². The Balaban J connectivity index is 2.14. The Hall–Kier alpha value is -1.89. The molecule has 118 valence electrons. The van der Waals surface area contributed by atoms with Crippen LogP contribution >= 0.6 is 11.3 Å². The van der Waals surface area contributed by atoms with Crippen LogP contribution in [0.3, 0.4) is 0 Å². The predicted molar refractivity (Wildman–Crippen MR) is 89.1 cm³/mol. The SMILES string of the molecule is O=C(Nc1ccccc1-c1cccs1)N(CCO)CCCO. The van der Waals surface area contributed by atoms with Crippen LogP contribution in [0, 0.1) is 0 Å². The largest absolute Gasteiger partial charge is 0.396 e. The summed E-state index contributed by atoms with van der Waals surface area (Å²) in [4.78, 5) is 14.9. The highest BCUT2D eigenvalue weighted by Crippen LogP contribution is 2.31. The molecule has 2 rings (SSSR count). The number of aliphatic hydroxyl groups excluding tert-OH is 2. The number of aliphatic hydroxyl groups is 2. The molecule has 3 N–H and O–H groups in total. The Morgan fingerprint density at radius 1 is 1.09 bits per heavy atom. The molecule has 0 saturated heterocycles. The number of carbonyl (C=O) groups excluding carboxylic acids is 1. The number of para-hydroxylation sites is 1. The highest BCUT2D eigenvalue weighted by atomic mass is 32.1. The maximum Gasteiger partial charge on any atom is 0.321 e. The zero-order valence-corrected chi connectivity index (χ0v) is 13.1. The fourth-order valence-electron chi connectivity index (χ4n) is 2.13. The van der Waals surface area contributed by atoms with Gasteiger partial charge in [-0.15, -0.1) is 11.3 Å². The van der Waals surface area contributed by atoms with E-state index in [1.807, 2.05) is 41.8 Å². The Kier molecular flexibility index (Phi) is 6.39. The minimum absolute atomic E-state index is 0.0149. The zero-order valence-electron chi connectivity index (χ0n) is 12.2. The first-order valence-corrected chi connectivity index (χ1v) is 8.04. The normalized spacial score (nSPS) is 10.5. The number of hydrogen-bond acceptors (Lipinski definition) is 4. The van der Waals surface area contributed by atoms with E-state index in [-0.39, 0.29) is 25.8 Å². The van der Waals surface area contributed by atoms with Gasteiger partial charge in [-0.3, -0.25) is 0 Å². The molecule has 0 radical (unpaired) electrons. The second-order valence-corrected chi connectivity index (χ2v) is 5.69. The summed E-state index contributed by atoms with van der Waals surface area (Å²) in [7, 11) is 0. The van der Waals surface area contributed by atoms with Crippen LogP contribution < -0.4 is 5.32 Å². The number of rotatable bonds is 7. The average molecular weight is 320 g/mol. The lowest BCUT2D eigenvalue weighted by Crippen LogP contribution is -2.38. The van der Waals surface area contributed by atoms with Crippen molar-refractivity contribution < 1.29 is 15.0 Å². The van der Waals surface area contributed by atoms with Crippen LogP contribution in [0.2, 0.25) is 0 Å².